The molecule has 0 radical (unpaired) electrons. The Morgan fingerprint density at radius 3 is 2.59 bits per heavy atom. The molecule has 1 aliphatic rings. The van der Waals surface area contributed by atoms with Crippen LogP contribution in [0.1, 0.15) is 16.7 Å². The largest absolute Gasteiger partial charge is 0.484 e. The lowest BCUT2D eigenvalue weighted by Gasteiger charge is -2.12. The predicted octanol–water partition coefficient (Wildman–Crippen LogP) is 5.90. The third-order valence-electron chi connectivity index (χ3n) is 5.07. The number of thioether (sulfide) groups is 1. The molecule has 172 valence electrons. The first-order valence-electron chi connectivity index (χ1n) is 10.5. The van der Waals surface area contributed by atoms with Crippen molar-refractivity contribution in [3.63, 3.8) is 0 Å². The van der Waals surface area contributed by atoms with Crippen LogP contribution in [0.5, 0.6) is 5.75 Å². The molecule has 1 heterocycles. The molecule has 1 saturated heterocycles. The minimum atomic E-state index is -0.353. The quantitative estimate of drug-likeness (QED) is 0.415. The van der Waals surface area contributed by atoms with Gasteiger partial charge in [-0.1, -0.05) is 54.1 Å². The molecular formula is C26H21ClN2O4S. The lowest BCUT2D eigenvalue weighted by Crippen LogP contribution is -2.27. The van der Waals surface area contributed by atoms with Crippen LogP contribution in [0.25, 0.3) is 6.08 Å². The van der Waals surface area contributed by atoms with Gasteiger partial charge < -0.3 is 10.1 Å². The number of hydrogen-bond donors (Lipinski definition) is 1. The van der Waals surface area contributed by atoms with E-state index in [9.17, 15) is 14.4 Å². The topological polar surface area (TPSA) is 75.7 Å². The van der Waals surface area contributed by atoms with Crippen LogP contribution in [0.2, 0.25) is 5.02 Å². The second-order valence-electron chi connectivity index (χ2n) is 7.62. The summed E-state index contributed by atoms with van der Waals surface area (Å²) < 4.78 is 5.62. The second-order valence-corrected chi connectivity index (χ2v) is 9.05. The van der Waals surface area contributed by atoms with Gasteiger partial charge in [0.25, 0.3) is 17.1 Å². The highest BCUT2D eigenvalue weighted by molar-refractivity contribution is 8.18. The van der Waals surface area contributed by atoms with Crippen molar-refractivity contribution in [3.8, 4) is 5.75 Å². The Hall–Kier alpha value is -3.55. The molecule has 0 atom stereocenters. The van der Waals surface area contributed by atoms with E-state index in [-0.39, 0.29) is 30.2 Å². The molecule has 0 bridgehead atoms. The maximum Gasteiger partial charge on any atom is 0.293 e. The third kappa shape index (κ3) is 5.87. The average Bonchev–Trinajstić information content (AvgIpc) is 3.08. The summed E-state index contributed by atoms with van der Waals surface area (Å²) in [7, 11) is 0. The van der Waals surface area contributed by atoms with Crippen molar-refractivity contribution >= 4 is 52.2 Å². The Balaban J connectivity index is 1.39. The normalized spacial score (nSPS) is 14.5. The maximum absolute atomic E-state index is 12.8. The van der Waals surface area contributed by atoms with Gasteiger partial charge in [-0.2, -0.15) is 0 Å². The molecule has 0 aromatic heterocycles. The van der Waals surface area contributed by atoms with Crippen molar-refractivity contribution in [1.82, 2.24) is 4.90 Å². The standard InChI is InChI=1S/C26H21ClN2O4S/c1-17-5-2-3-8-22(17)28-24(30)16-33-21-7-4-6-19(13-21)14-23-25(31)29(26(32)34-23)15-18-9-11-20(27)12-10-18/h2-14H,15-16H2,1H3,(H,28,30)/b23-14-. The van der Waals surface area contributed by atoms with Crippen molar-refractivity contribution in [2.24, 2.45) is 0 Å². The summed E-state index contributed by atoms with van der Waals surface area (Å²) in [5.74, 6) is -0.147. The fourth-order valence-electron chi connectivity index (χ4n) is 3.30. The zero-order chi connectivity index (χ0) is 24.1. The predicted molar refractivity (Wildman–Crippen MR) is 135 cm³/mol. The molecule has 0 saturated carbocycles. The number of carbonyl (C=O) groups excluding carboxylic acids is 3. The number of aryl methyl sites for hydroxylation is 1. The molecule has 4 rings (SSSR count). The average molecular weight is 493 g/mol. The van der Waals surface area contributed by atoms with Crippen molar-refractivity contribution in [2.75, 3.05) is 11.9 Å². The zero-order valence-electron chi connectivity index (χ0n) is 18.3. The molecule has 3 amide bonds. The van der Waals surface area contributed by atoms with E-state index < -0.39 is 0 Å². The van der Waals surface area contributed by atoms with Gasteiger partial charge in [-0.05, 0) is 71.8 Å². The fraction of sp³-hybridized carbons (Fsp3) is 0.115. The summed E-state index contributed by atoms with van der Waals surface area (Å²) in [6, 6.07) is 21.5. The summed E-state index contributed by atoms with van der Waals surface area (Å²) in [5.41, 5.74) is 3.20. The van der Waals surface area contributed by atoms with E-state index in [2.05, 4.69) is 5.32 Å². The number of anilines is 1. The first-order valence-corrected chi connectivity index (χ1v) is 11.7. The molecule has 3 aromatic rings. The molecule has 1 N–H and O–H groups in total. The molecular weight excluding hydrogens is 472 g/mol. The monoisotopic (exact) mass is 492 g/mol. The number of nitrogens with zero attached hydrogens (tertiary/aromatic N) is 1. The van der Waals surface area contributed by atoms with E-state index in [0.29, 0.717) is 21.2 Å². The number of carbonyl (C=O) groups is 3. The minimum Gasteiger partial charge on any atom is -0.484 e. The Morgan fingerprint density at radius 1 is 1.06 bits per heavy atom. The zero-order valence-corrected chi connectivity index (χ0v) is 19.9. The number of ether oxygens (including phenoxy) is 1. The molecule has 1 aliphatic heterocycles. The Bertz CT molecular complexity index is 1270. The first-order chi connectivity index (χ1) is 16.4. The van der Waals surface area contributed by atoms with Crippen LogP contribution in [0, 0.1) is 6.92 Å². The molecule has 34 heavy (non-hydrogen) atoms. The van der Waals surface area contributed by atoms with Crippen LogP contribution in [0.4, 0.5) is 10.5 Å². The van der Waals surface area contributed by atoms with Gasteiger partial charge in [-0.3, -0.25) is 19.3 Å². The maximum atomic E-state index is 12.8. The summed E-state index contributed by atoms with van der Waals surface area (Å²) >= 11 is 6.79. The number of benzene rings is 3. The molecule has 0 unspecified atom stereocenters. The number of hydrogen-bond acceptors (Lipinski definition) is 5. The summed E-state index contributed by atoms with van der Waals surface area (Å²) in [6.07, 6.45) is 1.65. The molecule has 8 heteroatoms. The van der Waals surface area contributed by atoms with E-state index in [1.807, 2.05) is 31.2 Å². The van der Waals surface area contributed by atoms with Crippen LogP contribution in [-0.2, 0) is 16.1 Å². The van der Waals surface area contributed by atoms with Crippen molar-refractivity contribution < 1.29 is 19.1 Å². The van der Waals surface area contributed by atoms with Gasteiger partial charge in [0.05, 0.1) is 11.4 Å². The van der Waals surface area contributed by atoms with Crippen molar-refractivity contribution in [1.29, 1.82) is 0 Å². The van der Waals surface area contributed by atoms with Gasteiger partial charge in [-0.25, -0.2) is 0 Å². The lowest BCUT2D eigenvalue weighted by molar-refractivity contribution is -0.123. The van der Waals surface area contributed by atoms with Crippen LogP contribution >= 0.6 is 23.4 Å². The highest BCUT2D eigenvalue weighted by Gasteiger charge is 2.34. The van der Waals surface area contributed by atoms with Gasteiger partial charge in [-0.15, -0.1) is 0 Å². The summed E-state index contributed by atoms with van der Waals surface area (Å²) in [6.45, 7) is 1.94. The Labute approximate surface area is 206 Å². The summed E-state index contributed by atoms with van der Waals surface area (Å²) in [4.78, 5) is 39.0. The van der Waals surface area contributed by atoms with Gasteiger partial charge in [0.1, 0.15) is 5.75 Å². The molecule has 0 aliphatic carbocycles. The molecule has 6 nitrogen and oxygen atoms in total. The minimum absolute atomic E-state index is 0.157. The van der Waals surface area contributed by atoms with Gasteiger partial charge in [0.2, 0.25) is 0 Å². The van der Waals surface area contributed by atoms with E-state index in [1.165, 1.54) is 4.90 Å². The third-order valence-corrected chi connectivity index (χ3v) is 6.23. The van der Waals surface area contributed by atoms with Crippen LogP contribution in [0.3, 0.4) is 0 Å². The van der Waals surface area contributed by atoms with Gasteiger partial charge in [0.15, 0.2) is 6.61 Å². The SMILES string of the molecule is Cc1ccccc1NC(=O)COc1cccc(/C=C2\SC(=O)N(Cc3ccc(Cl)cc3)C2=O)c1. The second kappa shape index (κ2) is 10.6. The van der Waals surface area contributed by atoms with E-state index in [4.69, 9.17) is 16.3 Å². The highest BCUT2D eigenvalue weighted by atomic mass is 35.5. The van der Waals surface area contributed by atoms with E-state index in [1.54, 1.807) is 54.6 Å². The fourth-order valence-corrected chi connectivity index (χ4v) is 4.27. The van der Waals surface area contributed by atoms with Gasteiger partial charge in [0, 0.05) is 10.7 Å². The van der Waals surface area contributed by atoms with Crippen molar-refractivity contribution in [2.45, 2.75) is 13.5 Å². The number of imide groups is 1. The molecule has 0 spiro atoms. The Morgan fingerprint density at radius 2 is 1.82 bits per heavy atom. The number of halogens is 1. The first kappa shape index (κ1) is 23.6. The number of amides is 3. The van der Waals surface area contributed by atoms with Crippen LogP contribution < -0.4 is 10.1 Å². The number of rotatable bonds is 7. The number of nitrogens with one attached hydrogen (secondary N) is 1. The van der Waals surface area contributed by atoms with E-state index >= 15 is 0 Å². The van der Waals surface area contributed by atoms with E-state index in [0.717, 1.165) is 28.6 Å². The highest BCUT2D eigenvalue weighted by Crippen LogP contribution is 2.33. The molecule has 3 aromatic carbocycles. The Kier molecular flexibility index (Phi) is 7.35. The summed E-state index contributed by atoms with van der Waals surface area (Å²) in [5, 5.41) is 3.08. The smallest absolute Gasteiger partial charge is 0.293 e. The molecule has 1 fully saturated rings. The lowest BCUT2D eigenvalue weighted by atomic mass is 10.2. The van der Waals surface area contributed by atoms with Crippen LogP contribution in [0.15, 0.2) is 77.7 Å². The van der Waals surface area contributed by atoms with Crippen molar-refractivity contribution in [3.05, 3.63) is 99.4 Å². The van der Waals surface area contributed by atoms with Crippen LogP contribution in [-0.4, -0.2) is 28.6 Å². The number of para-hydroxylation sites is 1. The van der Waals surface area contributed by atoms with Gasteiger partial charge >= 0.3 is 0 Å².